The van der Waals surface area contributed by atoms with Crippen molar-refractivity contribution in [2.45, 2.75) is 25.0 Å². The van der Waals surface area contributed by atoms with Crippen molar-refractivity contribution in [1.82, 2.24) is 20.2 Å². The number of nitrogens with two attached hydrogens (primary N) is 1. The van der Waals surface area contributed by atoms with Gasteiger partial charge in [0.2, 0.25) is 11.1 Å². The predicted molar refractivity (Wildman–Crippen MR) is 111 cm³/mol. The van der Waals surface area contributed by atoms with Crippen LogP contribution in [0.25, 0.3) is 11.4 Å². The molecule has 3 N–H and O–H groups in total. The van der Waals surface area contributed by atoms with E-state index in [-0.39, 0.29) is 17.7 Å². The molecular weight excluding hydrogens is 374 g/mol. The molecule has 7 nitrogen and oxygen atoms in total. The van der Waals surface area contributed by atoms with Gasteiger partial charge in [0.25, 0.3) is 0 Å². The standard InChI is InChI=1S/C20H23N5O2S/c1-3-27-17-11-9-16(10-12-17)19-23-24-20(25(19)21)28-13-18(26)22-14(2)15-7-5-4-6-8-15/h4-12,14H,3,13,21H2,1-2H3,(H,22,26). The summed E-state index contributed by atoms with van der Waals surface area (Å²) >= 11 is 1.25. The van der Waals surface area contributed by atoms with Crippen LogP contribution in [0.15, 0.2) is 59.8 Å². The van der Waals surface area contributed by atoms with E-state index in [2.05, 4.69) is 15.5 Å². The highest BCUT2D eigenvalue weighted by Gasteiger charge is 2.15. The van der Waals surface area contributed by atoms with Crippen molar-refractivity contribution in [1.29, 1.82) is 0 Å². The van der Waals surface area contributed by atoms with Crippen molar-refractivity contribution >= 4 is 17.7 Å². The number of benzene rings is 2. The third kappa shape index (κ3) is 4.83. The highest BCUT2D eigenvalue weighted by molar-refractivity contribution is 7.99. The van der Waals surface area contributed by atoms with Crippen LogP contribution in [0.2, 0.25) is 0 Å². The Balaban J connectivity index is 1.59. The highest BCUT2D eigenvalue weighted by atomic mass is 32.2. The molecule has 2 aromatic carbocycles. The van der Waals surface area contributed by atoms with Crippen LogP contribution in [-0.4, -0.2) is 33.1 Å². The van der Waals surface area contributed by atoms with Gasteiger partial charge >= 0.3 is 0 Å². The minimum atomic E-state index is -0.0908. The molecule has 0 fully saturated rings. The van der Waals surface area contributed by atoms with Crippen molar-refractivity contribution in [3.8, 4) is 17.1 Å². The summed E-state index contributed by atoms with van der Waals surface area (Å²) in [4.78, 5) is 12.2. The summed E-state index contributed by atoms with van der Waals surface area (Å²) in [5.74, 6) is 7.55. The van der Waals surface area contributed by atoms with Gasteiger partial charge in [-0.1, -0.05) is 42.1 Å². The summed E-state index contributed by atoms with van der Waals surface area (Å²) in [7, 11) is 0. The van der Waals surface area contributed by atoms with E-state index in [1.54, 1.807) is 0 Å². The number of nitrogens with one attached hydrogen (secondary N) is 1. The molecule has 146 valence electrons. The van der Waals surface area contributed by atoms with Crippen LogP contribution in [0.4, 0.5) is 0 Å². The van der Waals surface area contributed by atoms with E-state index in [4.69, 9.17) is 10.6 Å². The lowest BCUT2D eigenvalue weighted by atomic mass is 10.1. The summed E-state index contributed by atoms with van der Waals surface area (Å²) in [5.41, 5.74) is 1.88. The number of ether oxygens (including phenoxy) is 1. The Morgan fingerprint density at radius 1 is 1.18 bits per heavy atom. The predicted octanol–water partition coefficient (Wildman–Crippen LogP) is 3.03. The zero-order chi connectivity index (χ0) is 19.9. The number of amides is 1. The van der Waals surface area contributed by atoms with Crippen molar-refractivity contribution in [3.63, 3.8) is 0 Å². The fourth-order valence-corrected chi connectivity index (χ4v) is 3.35. The number of aromatic nitrogens is 3. The zero-order valence-corrected chi connectivity index (χ0v) is 16.6. The maximum absolute atomic E-state index is 12.2. The van der Waals surface area contributed by atoms with Gasteiger partial charge in [-0.3, -0.25) is 4.79 Å². The number of thioether (sulfide) groups is 1. The number of carbonyl (C=O) groups excluding carboxylic acids is 1. The maximum Gasteiger partial charge on any atom is 0.230 e. The molecule has 0 radical (unpaired) electrons. The molecule has 0 bridgehead atoms. The molecule has 3 aromatic rings. The fraction of sp³-hybridized carbons (Fsp3) is 0.250. The lowest BCUT2D eigenvalue weighted by Gasteiger charge is -2.13. The first-order chi connectivity index (χ1) is 13.6. The first kappa shape index (κ1) is 19.8. The third-order valence-electron chi connectivity index (χ3n) is 4.10. The Morgan fingerprint density at radius 2 is 1.89 bits per heavy atom. The smallest absolute Gasteiger partial charge is 0.230 e. The average Bonchev–Trinajstić information content (AvgIpc) is 3.08. The molecule has 1 heterocycles. The molecule has 0 saturated carbocycles. The summed E-state index contributed by atoms with van der Waals surface area (Å²) in [6.07, 6.45) is 0. The zero-order valence-electron chi connectivity index (χ0n) is 15.8. The van der Waals surface area contributed by atoms with Gasteiger partial charge < -0.3 is 15.9 Å². The number of nitrogens with zero attached hydrogens (tertiary/aromatic N) is 3. The van der Waals surface area contributed by atoms with E-state index in [0.717, 1.165) is 16.9 Å². The Hall–Kier alpha value is -3.00. The molecule has 0 aliphatic rings. The van der Waals surface area contributed by atoms with E-state index < -0.39 is 0 Å². The van der Waals surface area contributed by atoms with Crippen molar-refractivity contribution in [2.24, 2.45) is 0 Å². The van der Waals surface area contributed by atoms with Gasteiger partial charge in [-0.05, 0) is 43.7 Å². The van der Waals surface area contributed by atoms with Gasteiger partial charge in [-0.15, -0.1) is 10.2 Å². The van der Waals surface area contributed by atoms with Crippen LogP contribution < -0.4 is 15.9 Å². The second kappa shape index (κ2) is 9.27. The number of rotatable bonds is 8. The van der Waals surface area contributed by atoms with E-state index >= 15 is 0 Å². The molecule has 3 rings (SSSR count). The normalized spacial score (nSPS) is 11.8. The second-order valence-corrected chi connectivity index (χ2v) is 7.06. The van der Waals surface area contributed by atoms with E-state index in [0.29, 0.717) is 17.6 Å². The largest absolute Gasteiger partial charge is 0.494 e. The molecule has 1 atom stereocenters. The molecule has 0 aliphatic carbocycles. The second-order valence-electron chi connectivity index (χ2n) is 6.12. The average molecular weight is 398 g/mol. The molecular formula is C20H23N5O2S. The van der Waals surface area contributed by atoms with Gasteiger partial charge in [0.1, 0.15) is 5.75 Å². The quantitative estimate of drug-likeness (QED) is 0.448. The Kier molecular flexibility index (Phi) is 6.54. The number of nitrogen functional groups attached to an aromatic ring is 1. The van der Waals surface area contributed by atoms with Gasteiger partial charge in [-0.2, -0.15) is 0 Å². The molecule has 0 aliphatic heterocycles. The minimum Gasteiger partial charge on any atom is -0.494 e. The van der Waals surface area contributed by atoms with E-state index in [9.17, 15) is 4.79 Å². The molecule has 8 heteroatoms. The number of hydrogen-bond acceptors (Lipinski definition) is 6. The first-order valence-corrected chi connectivity index (χ1v) is 9.98. The number of carbonyl (C=O) groups is 1. The van der Waals surface area contributed by atoms with E-state index in [1.165, 1.54) is 16.4 Å². The lowest BCUT2D eigenvalue weighted by Crippen LogP contribution is -2.28. The molecule has 1 aromatic heterocycles. The van der Waals surface area contributed by atoms with Gasteiger partial charge in [0.05, 0.1) is 18.4 Å². The fourth-order valence-electron chi connectivity index (χ4n) is 2.68. The SMILES string of the molecule is CCOc1ccc(-c2nnc(SCC(=O)NC(C)c3ccccc3)n2N)cc1. The van der Waals surface area contributed by atoms with Crippen molar-refractivity contribution < 1.29 is 9.53 Å². The van der Waals surface area contributed by atoms with Crippen LogP contribution in [0.1, 0.15) is 25.5 Å². The Morgan fingerprint density at radius 3 is 2.57 bits per heavy atom. The summed E-state index contributed by atoms with van der Waals surface area (Å²) in [6.45, 7) is 4.50. The first-order valence-electron chi connectivity index (χ1n) is 8.99. The summed E-state index contributed by atoms with van der Waals surface area (Å²) in [5, 5.41) is 11.7. The molecule has 0 saturated heterocycles. The van der Waals surface area contributed by atoms with Crippen LogP contribution in [0, 0.1) is 0 Å². The Bertz CT molecular complexity index is 912. The molecule has 1 unspecified atom stereocenters. The molecule has 28 heavy (non-hydrogen) atoms. The maximum atomic E-state index is 12.2. The van der Waals surface area contributed by atoms with Crippen LogP contribution >= 0.6 is 11.8 Å². The van der Waals surface area contributed by atoms with Crippen molar-refractivity contribution in [2.75, 3.05) is 18.2 Å². The van der Waals surface area contributed by atoms with Crippen LogP contribution in [0.5, 0.6) is 5.75 Å². The number of hydrogen-bond donors (Lipinski definition) is 2. The van der Waals surface area contributed by atoms with Gasteiger partial charge in [-0.25, -0.2) is 4.68 Å². The van der Waals surface area contributed by atoms with Gasteiger partial charge in [0, 0.05) is 5.56 Å². The minimum absolute atomic E-state index is 0.0653. The summed E-state index contributed by atoms with van der Waals surface area (Å²) < 4.78 is 6.84. The van der Waals surface area contributed by atoms with Gasteiger partial charge in [0.15, 0.2) is 5.82 Å². The topological polar surface area (TPSA) is 95.1 Å². The van der Waals surface area contributed by atoms with E-state index in [1.807, 2.05) is 68.4 Å². The monoisotopic (exact) mass is 397 g/mol. The molecule has 0 spiro atoms. The van der Waals surface area contributed by atoms with Crippen LogP contribution in [-0.2, 0) is 4.79 Å². The Labute approximate surface area is 168 Å². The lowest BCUT2D eigenvalue weighted by molar-refractivity contribution is -0.119. The van der Waals surface area contributed by atoms with Crippen LogP contribution in [0.3, 0.4) is 0 Å². The van der Waals surface area contributed by atoms with Crippen molar-refractivity contribution in [3.05, 3.63) is 60.2 Å². The third-order valence-corrected chi connectivity index (χ3v) is 5.04. The highest BCUT2D eigenvalue weighted by Crippen LogP contribution is 2.23. The molecule has 1 amide bonds. The summed E-state index contributed by atoms with van der Waals surface area (Å²) in [6, 6.07) is 17.2.